The maximum Gasteiger partial charge on any atom is 0.256 e. The van der Waals surface area contributed by atoms with Crippen LogP contribution in [0.1, 0.15) is 40.5 Å². The van der Waals surface area contributed by atoms with Crippen LogP contribution in [-0.2, 0) is 9.84 Å². The fourth-order valence-electron chi connectivity index (χ4n) is 2.48. The monoisotopic (exact) mass is 372 g/mol. The molecule has 0 radical (unpaired) electrons. The zero-order chi connectivity index (χ0) is 18.7. The summed E-state index contributed by atoms with van der Waals surface area (Å²) in [4.78, 5) is 24.5. The normalized spacial score (nSPS) is 13.9. The van der Waals surface area contributed by atoms with Crippen LogP contribution in [0.2, 0.25) is 0 Å². The van der Waals surface area contributed by atoms with Crippen LogP contribution in [0.3, 0.4) is 0 Å². The van der Waals surface area contributed by atoms with E-state index in [1.54, 1.807) is 36.4 Å². The maximum atomic E-state index is 12.5. The molecule has 6 nitrogen and oxygen atoms in total. The van der Waals surface area contributed by atoms with Gasteiger partial charge in [0.25, 0.3) is 11.8 Å². The molecule has 1 fully saturated rings. The number of carbonyl (C=O) groups is 2. The number of benzene rings is 2. The van der Waals surface area contributed by atoms with Gasteiger partial charge in [-0.3, -0.25) is 9.59 Å². The quantitative estimate of drug-likeness (QED) is 0.815. The Morgan fingerprint density at radius 3 is 2.27 bits per heavy atom. The average molecular weight is 372 g/mol. The third-order valence-corrected chi connectivity index (χ3v) is 5.95. The van der Waals surface area contributed by atoms with Crippen molar-refractivity contribution in [1.82, 2.24) is 5.32 Å². The van der Waals surface area contributed by atoms with Crippen molar-refractivity contribution in [2.75, 3.05) is 11.1 Å². The van der Waals surface area contributed by atoms with E-state index < -0.39 is 15.7 Å². The molecule has 1 aliphatic rings. The van der Waals surface area contributed by atoms with Gasteiger partial charge in [0, 0.05) is 17.3 Å². The van der Waals surface area contributed by atoms with E-state index in [4.69, 9.17) is 0 Å². The van der Waals surface area contributed by atoms with Crippen LogP contribution < -0.4 is 10.6 Å². The summed E-state index contributed by atoms with van der Waals surface area (Å²) in [6.45, 7) is 1.54. The van der Waals surface area contributed by atoms with Gasteiger partial charge < -0.3 is 10.6 Å². The maximum absolute atomic E-state index is 12.5. The first kappa shape index (κ1) is 18.1. The van der Waals surface area contributed by atoms with E-state index in [-0.39, 0.29) is 28.2 Å². The Morgan fingerprint density at radius 2 is 1.65 bits per heavy atom. The van der Waals surface area contributed by atoms with Gasteiger partial charge in [0.05, 0.1) is 16.2 Å². The van der Waals surface area contributed by atoms with E-state index in [1.807, 2.05) is 0 Å². The van der Waals surface area contributed by atoms with E-state index in [1.165, 1.54) is 19.1 Å². The van der Waals surface area contributed by atoms with E-state index in [9.17, 15) is 18.0 Å². The molecule has 0 aliphatic heterocycles. The van der Waals surface area contributed by atoms with Crippen LogP contribution in [0, 0.1) is 0 Å². The Morgan fingerprint density at radius 1 is 1.00 bits per heavy atom. The zero-order valence-corrected chi connectivity index (χ0v) is 15.2. The fourth-order valence-corrected chi connectivity index (χ4v) is 3.57. The second kappa shape index (κ2) is 7.29. The second-order valence-electron chi connectivity index (χ2n) is 6.18. The molecule has 2 N–H and O–H groups in total. The molecule has 0 saturated heterocycles. The fraction of sp³-hybridized carbons (Fsp3) is 0.263. The largest absolute Gasteiger partial charge is 0.349 e. The summed E-state index contributed by atoms with van der Waals surface area (Å²) < 4.78 is 24.3. The molecule has 2 amide bonds. The molecular formula is C19H20N2O4S. The molecule has 1 aliphatic carbocycles. The molecular weight excluding hydrogens is 352 g/mol. The number of anilines is 1. The summed E-state index contributed by atoms with van der Waals surface area (Å²) in [6, 6.07) is 12.9. The lowest BCUT2D eigenvalue weighted by Crippen LogP contribution is -2.25. The predicted octanol–water partition coefficient (Wildman–Crippen LogP) is 2.62. The summed E-state index contributed by atoms with van der Waals surface area (Å²) >= 11 is 0. The van der Waals surface area contributed by atoms with Crippen molar-refractivity contribution in [2.45, 2.75) is 30.7 Å². The van der Waals surface area contributed by atoms with Gasteiger partial charge in [0.1, 0.15) is 0 Å². The number of nitrogens with one attached hydrogen (secondary N) is 2. The van der Waals surface area contributed by atoms with Crippen molar-refractivity contribution < 1.29 is 18.0 Å². The molecule has 0 bridgehead atoms. The van der Waals surface area contributed by atoms with Gasteiger partial charge in [0.2, 0.25) is 0 Å². The first-order valence-corrected chi connectivity index (χ1v) is 10.1. The molecule has 136 valence electrons. The Hall–Kier alpha value is -2.67. The topological polar surface area (TPSA) is 92.3 Å². The molecule has 0 spiro atoms. The number of hydrogen-bond acceptors (Lipinski definition) is 4. The van der Waals surface area contributed by atoms with Crippen LogP contribution in [0.5, 0.6) is 0 Å². The van der Waals surface area contributed by atoms with Crippen LogP contribution in [-0.4, -0.2) is 32.0 Å². The molecule has 0 aromatic heterocycles. The molecule has 2 aromatic carbocycles. The molecule has 0 atom stereocenters. The lowest BCUT2D eigenvalue weighted by Gasteiger charge is -2.10. The van der Waals surface area contributed by atoms with Crippen molar-refractivity contribution in [3.8, 4) is 0 Å². The highest BCUT2D eigenvalue weighted by molar-refractivity contribution is 7.91. The van der Waals surface area contributed by atoms with E-state index >= 15 is 0 Å². The van der Waals surface area contributed by atoms with Crippen LogP contribution in [0.4, 0.5) is 5.69 Å². The van der Waals surface area contributed by atoms with E-state index in [0.29, 0.717) is 11.3 Å². The summed E-state index contributed by atoms with van der Waals surface area (Å²) in [5.74, 6) is -0.722. The number of hydrogen-bond donors (Lipinski definition) is 2. The van der Waals surface area contributed by atoms with Gasteiger partial charge in [-0.15, -0.1) is 0 Å². The van der Waals surface area contributed by atoms with Crippen LogP contribution in [0.25, 0.3) is 0 Å². The predicted molar refractivity (Wildman–Crippen MR) is 99.1 cm³/mol. The van der Waals surface area contributed by atoms with Crippen molar-refractivity contribution >= 4 is 27.3 Å². The van der Waals surface area contributed by atoms with Gasteiger partial charge in [-0.1, -0.05) is 19.1 Å². The highest BCUT2D eigenvalue weighted by atomic mass is 32.2. The van der Waals surface area contributed by atoms with Crippen LogP contribution >= 0.6 is 0 Å². The lowest BCUT2D eigenvalue weighted by atomic mass is 10.1. The minimum Gasteiger partial charge on any atom is -0.349 e. The molecule has 7 heteroatoms. The average Bonchev–Trinajstić information content (AvgIpc) is 3.46. The van der Waals surface area contributed by atoms with Gasteiger partial charge >= 0.3 is 0 Å². The van der Waals surface area contributed by atoms with Crippen molar-refractivity contribution in [2.24, 2.45) is 0 Å². The summed E-state index contributed by atoms with van der Waals surface area (Å²) in [6.07, 6.45) is 2.03. The Bertz CT molecular complexity index is 932. The zero-order valence-electron chi connectivity index (χ0n) is 14.4. The van der Waals surface area contributed by atoms with Gasteiger partial charge in [0.15, 0.2) is 9.84 Å². The standard InChI is InChI=1S/C19H20N2O4S/c1-2-26(24,25)17-6-4-3-5-16(17)19(23)21-14-9-7-13(8-10-14)18(22)20-15-11-12-15/h3-10,15H,2,11-12H2,1H3,(H,20,22)(H,21,23). The number of carbonyl (C=O) groups excluding carboxylic acids is 2. The summed E-state index contributed by atoms with van der Waals surface area (Å²) in [7, 11) is -3.50. The first-order valence-electron chi connectivity index (χ1n) is 8.45. The molecule has 26 heavy (non-hydrogen) atoms. The van der Waals surface area contributed by atoms with Crippen molar-refractivity contribution in [1.29, 1.82) is 0 Å². The molecule has 3 rings (SSSR count). The second-order valence-corrected chi connectivity index (χ2v) is 8.43. The van der Waals surface area contributed by atoms with Gasteiger partial charge in [-0.2, -0.15) is 0 Å². The lowest BCUT2D eigenvalue weighted by molar-refractivity contribution is 0.0950. The molecule has 0 unspecified atom stereocenters. The Kier molecular flexibility index (Phi) is 5.08. The minimum atomic E-state index is -3.50. The van der Waals surface area contributed by atoms with Crippen molar-refractivity contribution in [3.63, 3.8) is 0 Å². The SMILES string of the molecule is CCS(=O)(=O)c1ccccc1C(=O)Nc1ccc(C(=O)NC2CC2)cc1. The molecule has 2 aromatic rings. The number of rotatable bonds is 6. The Labute approximate surface area is 152 Å². The number of sulfone groups is 1. The summed E-state index contributed by atoms with van der Waals surface area (Å²) in [5.41, 5.74) is 1.11. The van der Waals surface area contributed by atoms with Gasteiger partial charge in [-0.25, -0.2) is 8.42 Å². The third-order valence-electron chi connectivity index (χ3n) is 4.16. The van der Waals surface area contributed by atoms with Gasteiger partial charge in [-0.05, 0) is 49.2 Å². The summed E-state index contributed by atoms with van der Waals surface area (Å²) in [5, 5.41) is 5.57. The smallest absolute Gasteiger partial charge is 0.256 e. The first-order chi connectivity index (χ1) is 12.4. The van der Waals surface area contributed by atoms with Crippen LogP contribution in [0.15, 0.2) is 53.4 Å². The highest BCUT2D eigenvalue weighted by Gasteiger charge is 2.24. The molecule has 0 heterocycles. The Balaban J connectivity index is 1.75. The minimum absolute atomic E-state index is 0.0143. The van der Waals surface area contributed by atoms with Crippen molar-refractivity contribution in [3.05, 3.63) is 59.7 Å². The molecule has 1 saturated carbocycles. The number of amides is 2. The van der Waals surface area contributed by atoms with E-state index in [0.717, 1.165) is 12.8 Å². The third kappa shape index (κ3) is 4.11. The highest BCUT2D eigenvalue weighted by Crippen LogP contribution is 2.21. The van der Waals surface area contributed by atoms with E-state index in [2.05, 4.69) is 10.6 Å².